The van der Waals surface area contributed by atoms with Gasteiger partial charge in [-0.2, -0.15) is 0 Å². The van der Waals surface area contributed by atoms with Crippen LogP contribution in [-0.2, 0) is 16.2 Å². The van der Waals surface area contributed by atoms with Crippen LogP contribution in [0.15, 0.2) is 66.2 Å². The minimum Gasteiger partial charge on any atom is -0.487 e. The van der Waals surface area contributed by atoms with Crippen molar-refractivity contribution in [1.82, 2.24) is 5.32 Å². The first-order chi connectivity index (χ1) is 17.1. The number of ether oxygens (including phenoxy) is 1. The van der Waals surface area contributed by atoms with Gasteiger partial charge in [-0.05, 0) is 98.8 Å². The number of hydrogen-bond donors (Lipinski definition) is 1. The van der Waals surface area contributed by atoms with Crippen LogP contribution >= 0.6 is 56.8 Å². The molecule has 0 atom stereocenters. The number of imide groups is 2. The molecule has 9 nitrogen and oxygen atoms in total. The van der Waals surface area contributed by atoms with Crippen molar-refractivity contribution >= 4 is 92.1 Å². The molecule has 0 spiro atoms. The molecule has 1 N–H and O–H groups in total. The third kappa shape index (κ3) is 5.68. The molecule has 3 aromatic rings. The number of anilines is 1. The molecule has 1 aliphatic heterocycles. The van der Waals surface area contributed by atoms with Crippen LogP contribution in [0.1, 0.15) is 11.1 Å². The van der Waals surface area contributed by atoms with Crippen LogP contribution in [-0.4, -0.2) is 22.8 Å². The van der Waals surface area contributed by atoms with Gasteiger partial charge in [-0.1, -0.05) is 23.7 Å². The van der Waals surface area contributed by atoms with Crippen molar-refractivity contribution in [3.63, 3.8) is 0 Å². The van der Waals surface area contributed by atoms with Crippen LogP contribution in [0.3, 0.4) is 0 Å². The number of nitrogens with zero attached hydrogens (tertiary/aromatic N) is 2. The normalized spacial score (nSPS) is 14.7. The van der Waals surface area contributed by atoms with Crippen LogP contribution in [0.5, 0.6) is 5.75 Å². The third-order valence-electron chi connectivity index (χ3n) is 5.02. The highest BCUT2D eigenvalue weighted by Crippen LogP contribution is 2.31. The molecule has 4 rings (SSSR count). The molecule has 0 unspecified atom stereocenters. The van der Waals surface area contributed by atoms with Crippen LogP contribution in [0.2, 0.25) is 5.02 Å². The summed E-state index contributed by atoms with van der Waals surface area (Å²) in [7, 11) is 0. The van der Waals surface area contributed by atoms with E-state index in [1.165, 1.54) is 42.5 Å². The number of urea groups is 1. The van der Waals surface area contributed by atoms with E-state index < -0.39 is 22.8 Å². The molecule has 0 aliphatic carbocycles. The molecule has 4 amide bonds. The van der Waals surface area contributed by atoms with Crippen molar-refractivity contribution in [3.05, 3.63) is 99.6 Å². The first-order valence-corrected chi connectivity index (χ1v) is 12.7. The zero-order valence-corrected chi connectivity index (χ0v) is 23.1. The van der Waals surface area contributed by atoms with Crippen LogP contribution in [0.4, 0.5) is 16.2 Å². The molecular formula is C24H14ClI2N3O6. The number of nitrogens with one attached hydrogen (secondary N) is 1. The number of barbiturate groups is 1. The molecule has 1 heterocycles. The second-order valence-corrected chi connectivity index (χ2v) is 10.2. The topological polar surface area (TPSA) is 119 Å². The maximum atomic E-state index is 13.1. The number of rotatable bonds is 6. The summed E-state index contributed by atoms with van der Waals surface area (Å²) in [5.74, 6) is -1.00. The average molecular weight is 730 g/mol. The molecule has 0 saturated carbocycles. The van der Waals surface area contributed by atoms with E-state index in [4.69, 9.17) is 16.3 Å². The highest BCUT2D eigenvalue weighted by molar-refractivity contribution is 14.1. The lowest BCUT2D eigenvalue weighted by Crippen LogP contribution is -2.54. The number of non-ortho nitro benzene ring substituents is 1. The minimum atomic E-state index is -0.849. The van der Waals surface area contributed by atoms with Crippen molar-refractivity contribution < 1.29 is 24.0 Å². The summed E-state index contributed by atoms with van der Waals surface area (Å²) < 4.78 is 7.31. The Morgan fingerprint density at radius 1 is 1.03 bits per heavy atom. The minimum absolute atomic E-state index is 0.0241. The Bertz CT molecular complexity index is 1420. The smallest absolute Gasteiger partial charge is 0.335 e. The van der Waals surface area contributed by atoms with Gasteiger partial charge in [-0.15, -0.1) is 0 Å². The van der Waals surface area contributed by atoms with E-state index in [0.29, 0.717) is 29.0 Å². The predicted molar refractivity (Wildman–Crippen MR) is 150 cm³/mol. The number of nitro benzene ring substituents is 1. The average Bonchev–Trinajstić information content (AvgIpc) is 2.82. The van der Waals surface area contributed by atoms with Crippen LogP contribution in [0.25, 0.3) is 6.08 Å². The molecule has 0 bridgehead atoms. The van der Waals surface area contributed by atoms with E-state index in [-0.39, 0.29) is 23.6 Å². The van der Waals surface area contributed by atoms with Gasteiger partial charge in [-0.3, -0.25) is 25.0 Å². The highest BCUT2D eigenvalue weighted by atomic mass is 127. The van der Waals surface area contributed by atoms with Crippen molar-refractivity contribution in [2.75, 3.05) is 4.90 Å². The Morgan fingerprint density at radius 2 is 1.69 bits per heavy atom. The fraction of sp³-hybridized carbons (Fsp3) is 0.0417. The van der Waals surface area contributed by atoms with Gasteiger partial charge in [0.1, 0.15) is 17.9 Å². The van der Waals surface area contributed by atoms with Crippen molar-refractivity contribution in [1.29, 1.82) is 0 Å². The summed E-state index contributed by atoms with van der Waals surface area (Å²) in [6.45, 7) is 0.118. The lowest BCUT2D eigenvalue weighted by atomic mass is 10.1. The maximum Gasteiger partial charge on any atom is 0.335 e. The molecule has 1 fully saturated rings. The molecule has 3 aromatic carbocycles. The fourth-order valence-electron chi connectivity index (χ4n) is 3.36. The van der Waals surface area contributed by atoms with Crippen LogP contribution in [0, 0.1) is 17.3 Å². The Balaban J connectivity index is 1.59. The van der Waals surface area contributed by atoms with E-state index >= 15 is 0 Å². The van der Waals surface area contributed by atoms with Gasteiger partial charge < -0.3 is 4.74 Å². The molecule has 36 heavy (non-hydrogen) atoms. The number of carbonyl (C=O) groups excluding carboxylic acids is 3. The zero-order chi connectivity index (χ0) is 26.0. The second kappa shape index (κ2) is 10.9. The maximum absolute atomic E-state index is 13.1. The largest absolute Gasteiger partial charge is 0.487 e. The van der Waals surface area contributed by atoms with Gasteiger partial charge >= 0.3 is 6.03 Å². The fourth-order valence-corrected chi connectivity index (χ4v) is 5.62. The summed E-state index contributed by atoms with van der Waals surface area (Å²) in [5.41, 5.74) is 1.23. The van der Waals surface area contributed by atoms with Crippen molar-refractivity contribution in [2.45, 2.75) is 6.61 Å². The predicted octanol–water partition coefficient (Wildman–Crippen LogP) is 5.70. The van der Waals surface area contributed by atoms with Crippen molar-refractivity contribution in [3.8, 4) is 5.75 Å². The molecule has 0 radical (unpaired) electrons. The Labute approximate surface area is 236 Å². The van der Waals surface area contributed by atoms with E-state index in [9.17, 15) is 24.5 Å². The highest BCUT2D eigenvalue weighted by Gasteiger charge is 2.36. The van der Waals surface area contributed by atoms with Gasteiger partial charge in [-0.25, -0.2) is 9.69 Å². The number of halogens is 3. The van der Waals surface area contributed by atoms with Crippen molar-refractivity contribution in [2.24, 2.45) is 0 Å². The Kier molecular flexibility index (Phi) is 7.90. The zero-order valence-electron chi connectivity index (χ0n) is 18.0. The van der Waals surface area contributed by atoms with E-state index in [0.717, 1.165) is 4.90 Å². The number of carbonyl (C=O) groups is 3. The number of benzene rings is 3. The molecular weight excluding hydrogens is 716 g/mol. The number of nitro groups is 1. The van der Waals surface area contributed by atoms with E-state index in [1.54, 1.807) is 24.3 Å². The molecule has 0 aromatic heterocycles. The molecule has 1 aliphatic rings. The van der Waals surface area contributed by atoms with E-state index in [2.05, 4.69) is 50.5 Å². The summed E-state index contributed by atoms with van der Waals surface area (Å²) in [6, 6.07) is 14.9. The van der Waals surface area contributed by atoms with Gasteiger partial charge in [0.2, 0.25) is 0 Å². The summed E-state index contributed by atoms with van der Waals surface area (Å²) in [6.07, 6.45) is 1.40. The standard InChI is InChI=1S/C24H14ClI2N3O6/c25-15-4-6-16(7-5-15)29-23(32)18(22(31)28-24(29)33)9-14-10-19(26)21(20(27)11-14)36-12-13-2-1-3-17(8-13)30(34)35/h1-11H,12H2,(H,28,31,33)/b18-9+. The van der Waals surface area contributed by atoms with E-state index in [1.807, 2.05) is 0 Å². The lowest BCUT2D eigenvalue weighted by molar-refractivity contribution is -0.384. The first-order valence-electron chi connectivity index (χ1n) is 10.2. The third-order valence-corrected chi connectivity index (χ3v) is 6.88. The van der Waals surface area contributed by atoms with Crippen LogP contribution < -0.4 is 15.0 Å². The molecule has 182 valence electrons. The summed E-state index contributed by atoms with van der Waals surface area (Å²) in [4.78, 5) is 49.3. The van der Waals surface area contributed by atoms with Gasteiger partial charge in [0.05, 0.1) is 17.8 Å². The Hall–Kier alpha value is -3.04. The number of hydrogen-bond acceptors (Lipinski definition) is 6. The molecule has 12 heteroatoms. The van der Waals surface area contributed by atoms with Gasteiger partial charge in [0, 0.05) is 17.2 Å². The Morgan fingerprint density at radius 3 is 2.33 bits per heavy atom. The summed E-state index contributed by atoms with van der Waals surface area (Å²) in [5, 5.41) is 13.6. The second-order valence-electron chi connectivity index (χ2n) is 7.46. The molecule has 1 saturated heterocycles. The monoisotopic (exact) mass is 729 g/mol. The lowest BCUT2D eigenvalue weighted by Gasteiger charge is -2.26. The summed E-state index contributed by atoms with van der Waals surface area (Å²) >= 11 is 10.0. The first kappa shape index (κ1) is 26.0. The van der Waals surface area contributed by atoms with Gasteiger partial charge in [0.25, 0.3) is 17.5 Å². The quantitative estimate of drug-likeness (QED) is 0.114. The number of amides is 4. The SMILES string of the molecule is O=C1NC(=O)N(c2ccc(Cl)cc2)C(=O)/C1=C/c1cc(I)c(OCc2cccc([N+](=O)[O-])c2)c(I)c1. The van der Waals surface area contributed by atoms with Gasteiger partial charge in [0.15, 0.2) is 0 Å².